The van der Waals surface area contributed by atoms with Crippen LogP contribution in [-0.4, -0.2) is 23.2 Å². The number of nitrogens with one attached hydrogen (secondary N) is 1. The molecule has 0 spiro atoms. The summed E-state index contributed by atoms with van der Waals surface area (Å²) < 4.78 is 43.4. The monoisotopic (exact) mass is 400 g/mol. The lowest BCUT2D eigenvalue weighted by Crippen LogP contribution is -2.22. The number of rotatable bonds is 6. The summed E-state index contributed by atoms with van der Waals surface area (Å²) in [6, 6.07) is 8.37. The van der Waals surface area contributed by atoms with E-state index >= 15 is 0 Å². The molecule has 0 saturated carbocycles. The van der Waals surface area contributed by atoms with Gasteiger partial charge >= 0.3 is 6.18 Å². The van der Waals surface area contributed by atoms with Crippen LogP contribution in [0.2, 0.25) is 0 Å². The Kier molecular flexibility index (Phi) is 6.32. The minimum absolute atomic E-state index is 0.105. The zero-order valence-corrected chi connectivity index (χ0v) is 15.1. The smallest absolute Gasteiger partial charge is 0.416 e. The molecule has 144 valence electrons. The molecule has 2 aromatic carbocycles. The standard InChI is InChI=1S/C17H15F3N2O4S/c1-10(27-13-5-3-4-11(8-13)17(18,19)20)16(23)21-14-9-12(22(24)25)6-7-15(14)26-2/h3-10H,1-2H3,(H,21,23)/t10-/m1/s1. The number of amides is 1. The number of nitro benzene ring substituents is 1. The number of nitro groups is 1. The van der Waals surface area contributed by atoms with E-state index in [0.29, 0.717) is 0 Å². The van der Waals surface area contributed by atoms with Crippen LogP contribution >= 0.6 is 11.8 Å². The fraction of sp³-hybridized carbons (Fsp3) is 0.235. The number of carbonyl (C=O) groups excluding carboxylic acids is 1. The third kappa shape index (κ3) is 5.36. The van der Waals surface area contributed by atoms with E-state index in [1.165, 1.54) is 38.3 Å². The van der Waals surface area contributed by atoms with E-state index < -0.39 is 27.8 Å². The van der Waals surface area contributed by atoms with Crippen LogP contribution in [0.4, 0.5) is 24.5 Å². The Bertz CT molecular complexity index is 858. The highest BCUT2D eigenvalue weighted by Gasteiger charge is 2.30. The molecule has 0 aliphatic carbocycles. The third-order valence-electron chi connectivity index (χ3n) is 3.50. The highest BCUT2D eigenvalue weighted by atomic mass is 32.2. The van der Waals surface area contributed by atoms with Gasteiger partial charge < -0.3 is 10.1 Å². The van der Waals surface area contributed by atoms with Crippen LogP contribution in [0.25, 0.3) is 0 Å². The van der Waals surface area contributed by atoms with Crippen molar-refractivity contribution in [1.82, 2.24) is 0 Å². The summed E-state index contributed by atoms with van der Waals surface area (Å²) in [6.07, 6.45) is -4.47. The van der Waals surface area contributed by atoms with E-state index in [9.17, 15) is 28.1 Å². The lowest BCUT2D eigenvalue weighted by atomic mass is 10.2. The van der Waals surface area contributed by atoms with Crippen molar-refractivity contribution in [2.75, 3.05) is 12.4 Å². The van der Waals surface area contributed by atoms with Gasteiger partial charge in [-0.05, 0) is 31.2 Å². The maximum atomic E-state index is 12.8. The average molecular weight is 400 g/mol. The maximum absolute atomic E-state index is 12.8. The number of ether oxygens (including phenoxy) is 1. The normalized spacial score (nSPS) is 12.3. The number of alkyl halides is 3. The molecule has 0 radical (unpaired) electrons. The van der Waals surface area contributed by atoms with Crippen LogP contribution < -0.4 is 10.1 Å². The second-order valence-electron chi connectivity index (χ2n) is 5.42. The summed E-state index contributed by atoms with van der Waals surface area (Å²) in [6.45, 7) is 1.52. The lowest BCUT2D eigenvalue weighted by molar-refractivity contribution is -0.384. The van der Waals surface area contributed by atoms with E-state index in [4.69, 9.17) is 4.74 Å². The van der Waals surface area contributed by atoms with Crippen molar-refractivity contribution >= 4 is 29.0 Å². The molecule has 0 aliphatic rings. The van der Waals surface area contributed by atoms with Crippen LogP contribution in [0.15, 0.2) is 47.4 Å². The number of hydrogen-bond acceptors (Lipinski definition) is 5. The predicted octanol–water partition coefficient (Wildman–Crippen LogP) is 4.74. The Morgan fingerprint density at radius 3 is 2.56 bits per heavy atom. The van der Waals surface area contributed by atoms with Gasteiger partial charge in [-0.15, -0.1) is 11.8 Å². The van der Waals surface area contributed by atoms with Crippen molar-refractivity contribution in [3.05, 3.63) is 58.1 Å². The third-order valence-corrected chi connectivity index (χ3v) is 4.59. The molecule has 1 amide bonds. The van der Waals surface area contributed by atoms with Gasteiger partial charge in [-0.1, -0.05) is 6.07 Å². The summed E-state index contributed by atoms with van der Waals surface area (Å²) in [4.78, 5) is 22.9. The molecule has 6 nitrogen and oxygen atoms in total. The van der Waals surface area contributed by atoms with Crippen molar-refractivity contribution in [3.8, 4) is 5.75 Å². The Balaban J connectivity index is 2.15. The number of nitrogens with zero attached hydrogens (tertiary/aromatic N) is 1. The van der Waals surface area contributed by atoms with Gasteiger partial charge in [0.15, 0.2) is 0 Å². The molecular formula is C17H15F3N2O4S. The van der Waals surface area contributed by atoms with Gasteiger partial charge in [0, 0.05) is 17.0 Å². The molecule has 10 heteroatoms. The Hall–Kier alpha value is -2.75. The SMILES string of the molecule is COc1ccc([N+](=O)[O-])cc1NC(=O)[C@@H](C)Sc1cccc(C(F)(F)F)c1. The fourth-order valence-corrected chi connectivity index (χ4v) is 3.07. The van der Waals surface area contributed by atoms with Crippen LogP contribution in [0, 0.1) is 10.1 Å². The van der Waals surface area contributed by atoms with Gasteiger partial charge in [-0.3, -0.25) is 14.9 Å². The molecule has 0 heterocycles. The van der Waals surface area contributed by atoms with Crippen molar-refractivity contribution in [3.63, 3.8) is 0 Å². The summed E-state index contributed by atoms with van der Waals surface area (Å²) in [7, 11) is 1.34. The van der Waals surface area contributed by atoms with Gasteiger partial charge in [0.25, 0.3) is 5.69 Å². The van der Waals surface area contributed by atoms with Gasteiger partial charge in [0.2, 0.25) is 5.91 Å². The first-order chi connectivity index (χ1) is 12.6. The first kappa shape index (κ1) is 20.6. The Morgan fingerprint density at radius 1 is 1.26 bits per heavy atom. The number of benzene rings is 2. The largest absolute Gasteiger partial charge is 0.495 e. The van der Waals surface area contributed by atoms with Crippen LogP contribution in [-0.2, 0) is 11.0 Å². The van der Waals surface area contributed by atoms with E-state index in [1.807, 2.05) is 0 Å². The summed E-state index contributed by atoms with van der Waals surface area (Å²) in [5.41, 5.74) is -0.932. The summed E-state index contributed by atoms with van der Waals surface area (Å²) in [5.74, 6) is -0.304. The number of halogens is 3. The minimum atomic E-state index is -4.47. The Morgan fingerprint density at radius 2 is 1.96 bits per heavy atom. The zero-order chi connectivity index (χ0) is 20.2. The highest BCUT2D eigenvalue weighted by molar-refractivity contribution is 8.00. The second-order valence-corrected chi connectivity index (χ2v) is 6.83. The molecule has 0 fully saturated rings. The van der Waals surface area contributed by atoms with Gasteiger partial charge in [0.1, 0.15) is 5.75 Å². The molecule has 1 atom stereocenters. The minimum Gasteiger partial charge on any atom is -0.495 e. The van der Waals surface area contributed by atoms with Crippen molar-refractivity contribution in [2.45, 2.75) is 23.2 Å². The second kappa shape index (κ2) is 8.30. The van der Waals surface area contributed by atoms with Gasteiger partial charge in [-0.25, -0.2) is 0 Å². The molecule has 1 N–H and O–H groups in total. The highest BCUT2D eigenvalue weighted by Crippen LogP contribution is 2.34. The van der Waals surface area contributed by atoms with E-state index in [2.05, 4.69) is 5.32 Å². The number of hydrogen-bond donors (Lipinski definition) is 1. The maximum Gasteiger partial charge on any atom is 0.416 e. The number of anilines is 1. The Labute approximate surface area is 156 Å². The topological polar surface area (TPSA) is 81.5 Å². The molecule has 0 bridgehead atoms. The van der Waals surface area contributed by atoms with Crippen LogP contribution in [0.5, 0.6) is 5.75 Å². The number of thioether (sulfide) groups is 1. The van der Waals surface area contributed by atoms with Crippen LogP contribution in [0.3, 0.4) is 0 Å². The van der Waals surface area contributed by atoms with E-state index in [-0.39, 0.29) is 22.0 Å². The first-order valence-corrected chi connectivity index (χ1v) is 8.47. The molecule has 0 aliphatic heterocycles. The zero-order valence-electron chi connectivity index (χ0n) is 14.2. The van der Waals surface area contributed by atoms with E-state index in [1.54, 1.807) is 0 Å². The van der Waals surface area contributed by atoms with Gasteiger partial charge in [-0.2, -0.15) is 13.2 Å². The van der Waals surface area contributed by atoms with Crippen molar-refractivity contribution in [2.24, 2.45) is 0 Å². The molecular weight excluding hydrogens is 385 g/mol. The van der Waals surface area contributed by atoms with E-state index in [0.717, 1.165) is 30.0 Å². The number of non-ortho nitro benzene ring substituents is 1. The molecule has 0 unspecified atom stereocenters. The quantitative estimate of drug-likeness (QED) is 0.430. The predicted molar refractivity (Wildman–Crippen MR) is 95.0 cm³/mol. The molecule has 0 saturated heterocycles. The first-order valence-electron chi connectivity index (χ1n) is 7.59. The van der Waals surface area contributed by atoms with Crippen molar-refractivity contribution < 1.29 is 27.6 Å². The number of methoxy groups -OCH3 is 1. The molecule has 2 aromatic rings. The van der Waals surface area contributed by atoms with Crippen LogP contribution in [0.1, 0.15) is 12.5 Å². The summed E-state index contributed by atoms with van der Waals surface area (Å²) in [5, 5.41) is 12.6. The summed E-state index contributed by atoms with van der Waals surface area (Å²) >= 11 is 0.938. The lowest BCUT2D eigenvalue weighted by Gasteiger charge is -2.15. The molecule has 0 aromatic heterocycles. The number of carbonyl (C=O) groups is 1. The fourth-order valence-electron chi connectivity index (χ4n) is 2.14. The van der Waals surface area contributed by atoms with Gasteiger partial charge in [0.05, 0.1) is 28.5 Å². The average Bonchev–Trinajstić information content (AvgIpc) is 2.61. The molecule has 2 rings (SSSR count). The molecule has 27 heavy (non-hydrogen) atoms. The van der Waals surface area contributed by atoms with Crippen molar-refractivity contribution in [1.29, 1.82) is 0 Å².